The quantitative estimate of drug-likeness (QED) is 0.649. The molecule has 3 rings (SSSR count). The van der Waals surface area contributed by atoms with E-state index in [2.05, 4.69) is 10.3 Å². The first-order chi connectivity index (χ1) is 14.0. The Bertz CT molecular complexity index is 796. The standard InChI is InChI=1S/C24H33N3O2/c1-17(2)14-23(29)27-24-21(13-10-18-6-4-3-5-7-18)26-22(15-25-24)20-11-8-19(16-28)9-12-20/h8-9,11-12,15,17-18,28H,3-7,10,13-14,16H2,1-2H3,(H,25,27,29). The van der Waals surface area contributed by atoms with Crippen LogP contribution in [0.4, 0.5) is 5.82 Å². The van der Waals surface area contributed by atoms with Crippen molar-refractivity contribution in [1.82, 2.24) is 9.97 Å². The fraction of sp³-hybridized carbons (Fsp3) is 0.542. The van der Waals surface area contributed by atoms with Gasteiger partial charge in [0.05, 0.1) is 24.2 Å². The van der Waals surface area contributed by atoms with Gasteiger partial charge in [0.25, 0.3) is 0 Å². The number of aliphatic hydroxyl groups is 1. The van der Waals surface area contributed by atoms with Gasteiger partial charge in [-0.05, 0) is 30.2 Å². The van der Waals surface area contributed by atoms with E-state index in [1.165, 1.54) is 32.1 Å². The van der Waals surface area contributed by atoms with Crippen LogP contribution in [0.5, 0.6) is 0 Å². The molecule has 1 fully saturated rings. The summed E-state index contributed by atoms with van der Waals surface area (Å²) in [7, 11) is 0. The largest absolute Gasteiger partial charge is 0.392 e. The first kappa shape index (κ1) is 21.4. The van der Waals surface area contributed by atoms with Crippen LogP contribution in [-0.2, 0) is 17.8 Å². The van der Waals surface area contributed by atoms with Crippen molar-refractivity contribution < 1.29 is 9.90 Å². The predicted octanol–water partition coefficient (Wildman–Crippen LogP) is 5.13. The molecule has 29 heavy (non-hydrogen) atoms. The number of hydrogen-bond donors (Lipinski definition) is 2. The number of aromatic nitrogens is 2. The Balaban J connectivity index is 1.80. The van der Waals surface area contributed by atoms with Crippen LogP contribution in [0, 0.1) is 11.8 Å². The number of hydrogen-bond acceptors (Lipinski definition) is 4. The number of aryl methyl sites for hydroxylation is 1. The van der Waals surface area contributed by atoms with Crippen LogP contribution in [0.3, 0.4) is 0 Å². The van der Waals surface area contributed by atoms with E-state index in [0.29, 0.717) is 18.2 Å². The van der Waals surface area contributed by atoms with Gasteiger partial charge in [-0.1, -0.05) is 70.2 Å². The van der Waals surface area contributed by atoms with Crippen molar-refractivity contribution in [1.29, 1.82) is 0 Å². The fourth-order valence-electron chi connectivity index (χ4n) is 4.00. The molecule has 2 aromatic rings. The molecule has 0 radical (unpaired) electrons. The smallest absolute Gasteiger partial charge is 0.225 e. The fourth-order valence-corrected chi connectivity index (χ4v) is 4.00. The van der Waals surface area contributed by atoms with Crippen LogP contribution in [0.15, 0.2) is 30.5 Å². The Labute approximate surface area is 174 Å². The second kappa shape index (κ2) is 10.5. The highest BCUT2D eigenvalue weighted by atomic mass is 16.3. The molecular weight excluding hydrogens is 362 g/mol. The molecule has 0 bridgehead atoms. The molecule has 0 unspecified atom stereocenters. The van der Waals surface area contributed by atoms with Crippen molar-refractivity contribution in [3.8, 4) is 11.3 Å². The number of carbonyl (C=O) groups excluding carboxylic acids is 1. The molecule has 2 N–H and O–H groups in total. The summed E-state index contributed by atoms with van der Waals surface area (Å²) in [6, 6.07) is 7.71. The number of nitrogens with one attached hydrogen (secondary N) is 1. The van der Waals surface area contributed by atoms with Crippen molar-refractivity contribution in [2.45, 2.75) is 71.8 Å². The molecule has 0 atom stereocenters. The molecule has 1 saturated carbocycles. The number of rotatable bonds is 8. The van der Waals surface area contributed by atoms with Crippen LogP contribution in [0.2, 0.25) is 0 Å². The summed E-state index contributed by atoms with van der Waals surface area (Å²) in [4.78, 5) is 21.7. The zero-order valence-corrected chi connectivity index (χ0v) is 17.7. The number of anilines is 1. The van der Waals surface area contributed by atoms with Gasteiger partial charge in [-0.25, -0.2) is 9.97 Å². The Hall–Kier alpha value is -2.27. The van der Waals surface area contributed by atoms with E-state index in [4.69, 9.17) is 4.98 Å². The van der Waals surface area contributed by atoms with Gasteiger partial charge in [0.15, 0.2) is 5.82 Å². The summed E-state index contributed by atoms with van der Waals surface area (Å²) >= 11 is 0. The Morgan fingerprint density at radius 3 is 2.55 bits per heavy atom. The van der Waals surface area contributed by atoms with Gasteiger partial charge in [-0.3, -0.25) is 4.79 Å². The monoisotopic (exact) mass is 395 g/mol. The predicted molar refractivity (Wildman–Crippen MR) is 116 cm³/mol. The van der Waals surface area contributed by atoms with Gasteiger partial charge >= 0.3 is 0 Å². The molecule has 1 aromatic heterocycles. The molecule has 1 aliphatic rings. The molecule has 0 saturated heterocycles. The first-order valence-electron chi connectivity index (χ1n) is 10.9. The van der Waals surface area contributed by atoms with Crippen molar-refractivity contribution in [3.05, 3.63) is 41.7 Å². The molecule has 1 aliphatic carbocycles. The van der Waals surface area contributed by atoms with Gasteiger partial charge in [0, 0.05) is 12.0 Å². The molecule has 1 amide bonds. The zero-order chi connectivity index (χ0) is 20.6. The SMILES string of the molecule is CC(C)CC(=O)Nc1ncc(-c2ccc(CO)cc2)nc1CCC1CCCCC1. The second-order valence-corrected chi connectivity index (χ2v) is 8.59. The molecule has 0 aliphatic heterocycles. The van der Waals surface area contributed by atoms with E-state index < -0.39 is 0 Å². The van der Waals surface area contributed by atoms with Gasteiger partial charge in [-0.2, -0.15) is 0 Å². The van der Waals surface area contributed by atoms with Crippen molar-refractivity contribution in [3.63, 3.8) is 0 Å². The number of amides is 1. The highest BCUT2D eigenvalue weighted by molar-refractivity contribution is 5.90. The van der Waals surface area contributed by atoms with Crippen LogP contribution in [0.1, 0.15) is 70.1 Å². The zero-order valence-electron chi connectivity index (χ0n) is 17.7. The number of benzene rings is 1. The van der Waals surface area contributed by atoms with Gasteiger partial charge in [-0.15, -0.1) is 0 Å². The number of carbonyl (C=O) groups is 1. The lowest BCUT2D eigenvalue weighted by Crippen LogP contribution is -2.17. The average molecular weight is 396 g/mol. The molecule has 156 valence electrons. The third-order valence-corrected chi connectivity index (χ3v) is 5.64. The van der Waals surface area contributed by atoms with Crippen molar-refractivity contribution in [2.75, 3.05) is 5.32 Å². The minimum atomic E-state index is -0.00624. The van der Waals surface area contributed by atoms with Gasteiger partial charge < -0.3 is 10.4 Å². The minimum absolute atomic E-state index is 0.00624. The summed E-state index contributed by atoms with van der Waals surface area (Å²) in [5.74, 6) is 1.64. The average Bonchev–Trinajstić information content (AvgIpc) is 2.73. The summed E-state index contributed by atoms with van der Waals surface area (Å²) in [6.07, 6.45) is 10.7. The van der Waals surface area contributed by atoms with E-state index >= 15 is 0 Å². The van der Waals surface area contributed by atoms with E-state index in [1.54, 1.807) is 6.20 Å². The van der Waals surface area contributed by atoms with Crippen LogP contribution in [-0.4, -0.2) is 21.0 Å². The summed E-state index contributed by atoms with van der Waals surface area (Å²) < 4.78 is 0. The molecular formula is C24H33N3O2. The third-order valence-electron chi connectivity index (χ3n) is 5.64. The molecule has 5 heteroatoms. The molecule has 0 spiro atoms. The highest BCUT2D eigenvalue weighted by Crippen LogP contribution is 2.29. The summed E-state index contributed by atoms with van der Waals surface area (Å²) in [5, 5.41) is 12.2. The first-order valence-corrected chi connectivity index (χ1v) is 10.9. The molecule has 1 heterocycles. The molecule has 5 nitrogen and oxygen atoms in total. The lowest BCUT2D eigenvalue weighted by atomic mass is 9.86. The Kier molecular flexibility index (Phi) is 7.76. The van der Waals surface area contributed by atoms with E-state index in [9.17, 15) is 9.90 Å². The van der Waals surface area contributed by atoms with Crippen LogP contribution >= 0.6 is 0 Å². The maximum atomic E-state index is 12.3. The summed E-state index contributed by atoms with van der Waals surface area (Å²) in [6.45, 7) is 4.10. The maximum Gasteiger partial charge on any atom is 0.225 e. The lowest BCUT2D eigenvalue weighted by Gasteiger charge is -2.21. The normalized spacial score (nSPS) is 14.9. The maximum absolute atomic E-state index is 12.3. The topological polar surface area (TPSA) is 75.1 Å². The second-order valence-electron chi connectivity index (χ2n) is 8.59. The van der Waals surface area contributed by atoms with E-state index in [0.717, 1.165) is 41.3 Å². The third kappa shape index (κ3) is 6.36. The van der Waals surface area contributed by atoms with Crippen LogP contribution < -0.4 is 5.32 Å². The van der Waals surface area contributed by atoms with Gasteiger partial charge in [0.2, 0.25) is 5.91 Å². The Morgan fingerprint density at radius 1 is 1.17 bits per heavy atom. The van der Waals surface area contributed by atoms with E-state index in [1.807, 2.05) is 38.1 Å². The number of aliphatic hydroxyl groups excluding tert-OH is 1. The molecule has 1 aromatic carbocycles. The Morgan fingerprint density at radius 2 is 1.90 bits per heavy atom. The summed E-state index contributed by atoms with van der Waals surface area (Å²) in [5.41, 5.74) is 3.51. The van der Waals surface area contributed by atoms with Crippen molar-refractivity contribution in [2.24, 2.45) is 11.8 Å². The van der Waals surface area contributed by atoms with E-state index in [-0.39, 0.29) is 12.5 Å². The lowest BCUT2D eigenvalue weighted by molar-refractivity contribution is -0.116. The van der Waals surface area contributed by atoms with Crippen LogP contribution in [0.25, 0.3) is 11.3 Å². The number of nitrogens with zero attached hydrogens (tertiary/aromatic N) is 2. The van der Waals surface area contributed by atoms with Gasteiger partial charge in [0.1, 0.15) is 0 Å². The highest BCUT2D eigenvalue weighted by Gasteiger charge is 2.17. The minimum Gasteiger partial charge on any atom is -0.392 e. The van der Waals surface area contributed by atoms with Crippen molar-refractivity contribution >= 4 is 11.7 Å².